The van der Waals surface area contributed by atoms with E-state index in [9.17, 15) is 9.59 Å². The van der Waals surface area contributed by atoms with Gasteiger partial charge >= 0.3 is 5.97 Å². The molecule has 0 atom stereocenters. The van der Waals surface area contributed by atoms with E-state index in [-0.39, 0.29) is 12.4 Å². The predicted molar refractivity (Wildman–Crippen MR) is 85.9 cm³/mol. The zero-order chi connectivity index (χ0) is 16.2. The van der Waals surface area contributed by atoms with Crippen LogP contribution in [0.2, 0.25) is 0 Å². The van der Waals surface area contributed by atoms with Gasteiger partial charge in [0.2, 0.25) is 5.78 Å². The highest BCUT2D eigenvalue weighted by atomic mass is 16.5. The normalized spacial score (nSPS) is 10.5. The number of Topliss-reactive ketones (excluding diaryl/α,β-unsaturated/α-hetero) is 1. The van der Waals surface area contributed by atoms with Crippen molar-refractivity contribution in [3.8, 4) is 5.75 Å². The van der Waals surface area contributed by atoms with Gasteiger partial charge in [-0.2, -0.15) is 0 Å². The number of carbonyl (C=O) groups is 2. The van der Waals surface area contributed by atoms with Crippen LogP contribution in [0.5, 0.6) is 5.75 Å². The van der Waals surface area contributed by atoms with Crippen LogP contribution in [-0.2, 0) is 4.74 Å². The Morgan fingerprint density at radius 1 is 1.09 bits per heavy atom. The number of H-pyrrole nitrogens is 1. The number of hydrogen-bond acceptors (Lipinski definition) is 4. The number of methoxy groups -OCH3 is 1. The lowest BCUT2D eigenvalue weighted by atomic mass is 10.1. The lowest BCUT2D eigenvalue weighted by molar-refractivity contribution is 0.0475. The van der Waals surface area contributed by atoms with Gasteiger partial charge in [0, 0.05) is 22.7 Å². The third kappa shape index (κ3) is 3.08. The fourth-order valence-corrected chi connectivity index (χ4v) is 2.34. The van der Waals surface area contributed by atoms with Crippen LogP contribution < -0.4 is 4.74 Å². The van der Waals surface area contributed by atoms with Crippen LogP contribution in [-0.4, -0.2) is 30.5 Å². The van der Waals surface area contributed by atoms with E-state index in [2.05, 4.69) is 4.98 Å². The molecule has 0 aliphatic rings. The van der Waals surface area contributed by atoms with E-state index in [4.69, 9.17) is 9.47 Å². The number of carbonyl (C=O) groups excluding carboxylic acids is 2. The first-order valence-electron chi connectivity index (χ1n) is 7.09. The Labute approximate surface area is 132 Å². The van der Waals surface area contributed by atoms with Gasteiger partial charge in [0.15, 0.2) is 6.61 Å². The van der Waals surface area contributed by atoms with Crippen molar-refractivity contribution >= 4 is 22.7 Å². The molecule has 0 aliphatic heterocycles. The maximum Gasteiger partial charge on any atom is 0.338 e. The third-order valence-corrected chi connectivity index (χ3v) is 3.53. The topological polar surface area (TPSA) is 68.4 Å². The first-order chi connectivity index (χ1) is 11.2. The zero-order valence-corrected chi connectivity index (χ0v) is 12.5. The van der Waals surface area contributed by atoms with E-state index in [0.29, 0.717) is 16.9 Å². The number of fused-ring (bicyclic) bond motifs is 1. The second-order valence-electron chi connectivity index (χ2n) is 4.98. The molecule has 23 heavy (non-hydrogen) atoms. The summed E-state index contributed by atoms with van der Waals surface area (Å²) in [6, 6.07) is 14.1. The number of esters is 1. The third-order valence-electron chi connectivity index (χ3n) is 3.53. The maximum absolute atomic E-state index is 12.3. The van der Waals surface area contributed by atoms with Crippen molar-refractivity contribution in [2.24, 2.45) is 0 Å². The van der Waals surface area contributed by atoms with E-state index >= 15 is 0 Å². The lowest BCUT2D eigenvalue weighted by Crippen LogP contribution is -2.14. The summed E-state index contributed by atoms with van der Waals surface area (Å²) in [6.45, 7) is -0.308. The number of rotatable bonds is 5. The van der Waals surface area contributed by atoms with E-state index in [1.165, 1.54) is 7.11 Å². The molecular weight excluding hydrogens is 294 g/mol. The van der Waals surface area contributed by atoms with Crippen LogP contribution in [0.1, 0.15) is 20.7 Å². The SMILES string of the molecule is COc1cccc(C(=O)OCC(=O)c2c[nH]c3ccccc23)c1. The molecule has 3 rings (SSSR count). The van der Waals surface area contributed by atoms with Crippen molar-refractivity contribution < 1.29 is 19.1 Å². The average Bonchev–Trinajstić information content (AvgIpc) is 3.03. The number of benzene rings is 2. The highest BCUT2D eigenvalue weighted by Gasteiger charge is 2.15. The van der Waals surface area contributed by atoms with Gasteiger partial charge in [-0.05, 0) is 24.3 Å². The number of para-hydroxylation sites is 1. The van der Waals surface area contributed by atoms with E-state index in [1.807, 2.05) is 24.3 Å². The van der Waals surface area contributed by atoms with Crippen molar-refractivity contribution in [2.45, 2.75) is 0 Å². The molecule has 1 aromatic heterocycles. The van der Waals surface area contributed by atoms with Crippen LogP contribution in [0.3, 0.4) is 0 Å². The van der Waals surface area contributed by atoms with Gasteiger partial charge in [0.25, 0.3) is 0 Å². The summed E-state index contributed by atoms with van der Waals surface area (Å²) in [6.07, 6.45) is 1.63. The Hall–Kier alpha value is -3.08. The molecule has 5 nitrogen and oxygen atoms in total. The fraction of sp³-hybridized carbons (Fsp3) is 0.111. The van der Waals surface area contributed by atoms with Crippen molar-refractivity contribution in [1.29, 1.82) is 0 Å². The molecule has 0 bridgehead atoms. The van der Waals surface area contributed by atoms with Gasteiger partial charge in [-0.25, -0.2) is 4.79 Å². The zero-order valence-electron chi connectivity index (χ0n) is 12.5. The molecule has 3 aromatic rings. The predicted octanol–water partition coefficient (Wildman–Crippen LogP) is 3.22. The molecule has 1 N–H and O–H groups in total. The molecule has 5 heteroatoms. The molecule has 0 saturated heterocycles. The second-order valence-corrected chi connectivity index (χ2v) is 4.98. The minimum absolute atomic E-state index is 0.251. The summed E-state index contributed by atoms with van der Waals surface area (Å²) in [7, 11) is 1.52. The van der Waals surface area contributed by atoms with E-state index in [0.717, 1.165) is 10.9 Å². The molecule has 0 spiro atoms. The summed E-state index contributed by atoms with van der Waals surface area (Å²) < 4.78 is 10.2. The highest BCUT2D eigenvalue weighted by Crippen LogP contribution is 2.18. The summed E-state index contributed by atoms with van der Waals surface area (Å²) in [5, 5.41) is 0.815. The van der Waals surface area contributed by atoms with Crippen LogP contribution in [0.4, 0.5) is 0 Å². The highest BCUT2D eigenvalue weighted by molar-refractivity contribution is 6.09. The van der Waals surface area contributed by atoms with Gasteiger partial charge < -0.3 is 14.5 Å². The molecular formula is C18H15NO4. The molecule has 0 saturated carbocycles. The number of hydrogen-bond donors (Lipinski definition) is 1. The lowest BCUT2D eigenvalue weighted by Gasteiger charge is -2.05. The fourth-order valence-electron chi connectivity index (χ4n) is 2.34. The Morgan fingerprint density at radius 2 is 1.91 bits per heavy atom. The van der Waals surface area contributed by atoms with Crippen molar-refractivity contribution in [2.75, 3.05) is 13.7 Å². The summed E-state index contributed by atoms with van der Waals surface area (Å²) in [5.74, 6) is -0.252. The van der Waals surface area contributed by atoms with Crippen LogP contribution in [0.15, 0.2) is 54.7 Å². The van der Waals surface area contributed by atoms with Crippen molar-refractivity contribution in [1.82, 2.24) is 4.98 Å². The van der Waals surface area contributed by atoms with Crippen LogP contribution >= 0.6 is 0 Å². The standard InChI is InChI=1S/C18H15NO4/c1-22-13-6-4-5-12(9-13)18(21)23-11-17(20)15-10-19-16-8-3-2-7-14(15)16/h2-10,19H,11H2,1H3. The quantitative estimate of drug-likeness (QED) is 0.580. The number of ether oxygens (including phenoxy) is 2. The molecule has 2 aromatic carbocycles. The van der Waals surface area contributed by atoms with Crippen molar-refractivity contribution in [3.63, 3.8) is 0 Å². The maximum atomic E-state index is 12.3. The Kier molecular flexibility index (Phi) is 4.10. The van der Waals surface area contributed by atoms with Gasteiger partial charge in [-0.1, -0.05) is 24.3 Å². The van der Waals surface area contributed by atoms with E-state index in [1.54, 1.807) is 30.5 Å². The summed E-state index contributed by atoms with van der Waals surface area (Å²) >= 11 is 0. The Balaban J connectivity index is 1.70. The Bertz CT molecular complexity index is 866. The van der Waals surface area contributed by atoms with Crippen molar-refractivity contribution in [3.05, 3.63) is 65.9 Å². The first kappa shape index (κ1) is 14.8. The Morgan fingerprint density at radius 3 is 2.74 bits per heavy atom. The smallest absolute Gasteiger partial charge is 0.338 e. The molecule has 0 amide bonds. The first-order valence-corrected chi connectivity index (χ1v) is 7.09. The van der Waals surface area contributed by atoms with Crippen LogP contribution in [0, 0.1) is 0 Å². The monoisotopic (exact) mass is 309 g/mol. The number of aromatic amines is 1. The summed E-state index contributed by atoms with van der Waals surface area (Å²) in [4.78, 5) is 27.3. The van der Waals surface area contributed by atoms with E-state index < -0.39 is 5.97 Å². The van der Waals surface area contributed by atoms with Crippen LogP contribution in [0.25, 0.3) is 10.9 Å². The number of nitrogens with one attached hydrogen (secondary N) is 1. The largest absolute Gasteiger partial charge is 0.497 e. The van der Waals surface area contributed by atoms with Gasteiger partial charge in [0.05, 0.1) is 12.7 Å². The minimum atomic E-state index is -0.558. The second kappa shape index (κ2) is 6.36. The molecule has 0 aliphatic carbocycles. The number of ketones is 1. The minimum Gasteiger partial charge on any atom is -0.497 e. The number of aromatic nitrogens is 1. The molecule has 0 radical (unpaired) electrons. The molecule has 1 heterocycles. The van der Waals surface area contributed by atoms with Gasteiger partial charge in [0.1, 0.15) is 5.75 Å². The molecule has 0 unspecified atom stereocenters. The van der Waals surface area contributed by atoms with Gasteiger partial charge in [-0.3, -0.25) is 4.79 Å². The molecule has 0 fully saturated rings. The summed E-state index contributed by atoms with van der Waals surface area (Å²) in [5.41, 5.74) is 1.73. The molecule has 116 valence electrons. The van der Waals surface area contributed by atoms with Gasteiger partial charge in [-0.15, -0.1) is 0 Å². The average molecular weight is 309 g/mol.